The molecule has 1 atom stereocenters. The number of amides is 1. The first-order valence-electron chi connectivity index (χ1n) is 13.3. The summed E-state index contributed by atoms with van der Waals surface area (Å²) in [7, 11) is 1.40. The van der Waals surface area contributed by atoms with Crippen LogP contribution in [0.1, 0.15) is 41.0 Å². The fraction of sp³-hybridized carbons (Fsp3) is 0.367. The number of hydrogen-bond acceptors (Lipinski definition) is 5. The predicted octanol–water partition coefficient (Wildman–Crippen LogP) is 5.91. The van der Waals surface area contributed by atoms with Crippen molar-refractivity contribution in [2.75, 3.05) is 26.2 Å². The normalized spacial score (nSPS) is 12.3. The topological polar surface area (TPSA) is 80.6 Å². The van der Waals surface area contributed by atoms with Gasteiger partial charge < -0.3 is 19.5 Å². The molecular formula is C30H32Cl2F3N3O4. The van der Waals surface area contributed by atoms with Crippen molar-refractivity contribution in [2.45, 2.75) is 39.4 Å². The van der Waals surface area contributed by atoms with E-state index >= 15 is 0 Å². The zero-order chi connectivity index (χ0) is 31.2. The zero-order valence-electron chi connectivity index (χ0n) is 23.6. The molecule has 42 heavy (non-hydrogen) atoms. The minimum absolute atomic E-state index is 0.00739. The molecule has 0 saturated carbocycles. The van der Waals surface area contributed by atoms with E-state index < -0.39 is 40.8 Å². The van der Waals surface area contributed by atoms with Gasteiger partial charge in [0.15, 0.2) is 0 Å². The number of aromatic nitrogens is 1. The van der Waals surface area contributed by atoms with Gasteiger partial charge in [-0.15, -0.1) is 0 Å². The highest BCUT2D eigenvalue weighted by Gasteiger charge is 2.36. The van der Waals surface area contributed by atoms with Gasteiger partial charge in [0.1, 0.15) is 12.6 Å². The second-order valence-corrected chi connectivity index (χ2v) is 10.5. The molecule has 1 amide bonds. The van der Waals surface area contributed by atoms with Crippen LogP contribution in [0.25, 0.3) is 11.1 Å². The number of pyridine rings is 1. The number of nitrogens with one attached hydrogen (secondary N) is 1. The third kappa shape index (κ3) is 7.93. The Hall–Kier alpha value is -3.34. The van der Waals surface area contributed by atoms with Crippen LogP contribution in [-0.2, 0) is 29.2 Å². The molecule has 0 bridgehead atoms. The Kier molecular flexibility index (Phi) is 11.2. The average molecular weight is 627 g/mol. The molecule has 7 nitrogen and oxygen atoms in total. The maximum atomic E-state index is 13.8. The lowest BCUT2D eigenvalue weighted by atomic mass is 9.97. The Morgan fingerprint density at radius 3 is 2.19 bits per heavy atom. The van der Waals surface area contributed by atoms with Crippen LogP contribution in [0.4, 0.5) is 13.2 Å². The van der Waals surface area contributed by atoms with Crippen molar-refractivity contribution in [2.24, 2.45) is 7.05 Å². The maximum Gasteiger partial charge on any atom is 0.417 e. The molecule has 0 radical (unpaired) electrons. The van der Waals surface area contributed by atoms with Crippen molar-refractivity contribution >= 4 is 35.1 Å². The van der Waals surface area contributed by atoms with Gasteiger partial charge in [-0.25, -0.2) is 4.79 Å². The van der Waals surface area contributed by atoms with Gasteiger partial charge in [0.25, 0.3) is 11.5 Å². The van der Waals surface area contributed by atoms with Gasteiger partial charge in [-0.3, -0.25) is 9.59 Å². The zero-order valence-corrected chi connectivity index (χ0v) is 25.2. The molecule has 226 valence electrons. The molecule has 3 rings (SSSR count). The Morgan fingerprint density at radius 1 is 1.05 bits per heavy atom. The van der Waals surface area contributed by atoms with E-state index in [4.69, 9.17) is 27.9 Å². The Bertz CT molecular complexity index is 1470. The standard InChI is InChI=1S/C30H32Cl2F3N3O4/c1-5-38(6-2)14-15-42-29(41)24(36-27(39)26-22(31)8-7-9-23(26)32)17-19-10-12-20(13-11-19)25-21(30(33,34)35)16-18(3)37(4)28(25)40/h7-13,16,24H,5-6,14-15,17H2,1-4H3,(H,36,39)/t24-/m0/s1. The number of benzene rings is 2. The largest absolute Gasteiger partial charge is 0.463 e. The van der Waals surface area contributed by atoms with Crippen molar-refractivity contribution in [3.8, 4) is 11.1 Å². The minimum atomic E-state index is -4.74. The number of carbonyl (C=O) groups is 2. The second-order valence-electron chi connectivity index (χ2n) is 9.65. The molecule has 0 aliphatic rings. The number of likely N-dealkylation sites (N-methyl/N-ethyl adjacent to an activating group) is 1. The molecule has 2 aromatic carbocycles. The van der Waals surface area contributed by atoms with E-state index in [0.717, 1.165) is 23.7 Å². The number of ether oxygens (including phenoxy) is 1. The van der Waals surface area contributed by atoms with E-state index in [9.17, 15) is 27.6 Å². The Morgan fingerprint density at radius 2 is 1.64 bits per heavy atom. The summed E-state index contributed by atoms with van der Waals surface area (Å²) in [6.07, 6.45) is -4.79. The van der Waals surface area contributed by atoms with Crippen LogP contribution in [-0.4, -0.2) is 53.6 Å². The van der Waals surface area contributed by atoms with Crippen LogP contribution in [0.15, 0.2) is 53.3 Å². The first-order valence-corrected chi connectivity index (χ1v) is 14.0. The van der Waals surface area contributed by atoms with E-state index in [2.05, 4.69) is 10.2 Å². The SMILES string of the molecule is CCN(CC)CCOC(=O)[C@H](Cc1ccc(-c2c(C(F)(F)F)cc(C)n(C)c2=O)cc1)NC(=O)c1c(Cl)cccc1Cl. The molecule has 1 N–H and O–H groups in total. The molecule has 12 heteroatoms. The number of halogens is 5. The molecule has 0 aliphatic carbocycles. The lowest BCUT2D eigenvalue weighted by molar-refractivity contribution is -0.146. The molecule has 0 saturated heterocycles. The number of rotatable bonds is 11. The first kappa shape index (κ1) is 33.2. The second kappa shape index (κ2) is 14.2. The third-order valence-corrected chi connectivity index (χ3v) is 7.61. The van der Waals surface area contributed by atoms with Gasteiger partial charge in [0.05, 0.1) is 26.7 Å². The summed E-state index contributed by atoms with van der Waals surface area (Å²) in [4.78, 5) is 41.1. The highest BCUT2D eigenvalue weighted by atomic mass is 35.5. The van der Waals surface area contributed by atoms with Gasteiger partial charge in [-0.1, -0.05) is 67.4 Å². The fourth-order valence-corrected chi connectivity index (χ4v) is 4.99. The molecular weight excluding hydrogens is 594 g/mol. The number of nitrogens with zero attached hydrogens (tertiary/aromatic N) is 2. The highest BCUT2D eigenvalue weighted by molar-refractivity contribution is 6.39. The van der Waals surface area contributed by atoms with Gasteiger partial charge in [0, 0.05) is 25.7 Å². The summed E-state index contributed by atoms with van der Waals surface area (Å²) in [6, 6.07) is 10.1. The first-order chi connectivity index (χ1) is 19.8. The van der Waals surface area contributed by atoms with Crippen molar-refractivity contribution in [1.29, 1.82) is 0 Å². The number of aryl methyl sites for hydroxylation is 1. The van der Waals surface area contributed by atoms with Crippen molar-refractivity contribution in [3.05, 3.63) is 91.3 Å². The highest BCUT2D eigenvalue weighted by Crippen LogP contribution is 2.36. The van der Waals surface area contributed by atoms with Crippen molar-refractivity contribution in [3.63, 3.8) is 0 Å². The van der Waals surface area contributed by atoms with Crippen molar-refractivity contribution < 1.29 is 27.5 Å². The molecule has 0 unspecified atom stereocenters. The number of hydrogen-bond donors (Lipinski definition) is 1. The Balaban J connectivity index is 1.91. The van der Waals surface area contributed by atoms with Crippen LogP contribution in [0.2, 0.25) is 10.0 Å². The van der Waals surface area contributed by atoms with Crippen LogP contribution in [0, 0.1) is 6.92 Å². The lowest BCUT2D eigenvalue weighted by Crippen LogP contribution is -2.44. The summed E-state index contributed by atoms with van der Waals surface area (Å²) in [5.41, 5.74) is -1.56. The van der Waals surface area contributed by atoms with Gasteiger partial charge in [-0.05, 0) is 49.3 Å². The fourth-order valence-electron chi connectivity index (χ4n) is 4.42. The quantitative estimate of drug-likeness (QED) is 0.268. The Labute approximate surface area is 252 Å². The predicted molar refractivity (Wildman–Crippen MR) is 157 cm³/mol. The number of esters is 1. The van der Waals surface area contributed by atoms with Gasteiger partial charge >= 0.3 is 12.1 Å². The minimum Gasteiger partial charge on any atom is -0.463 e. The van der Waals surface area contributed by atoms with Gasteiger partial charge in [-0.2, -0.15) is 13.2 Å². The summed E-state index contributed by atoms with van der Waals surface area (Å²) >= 11 is 12.4. The van der Waals surface area contributed by atoms with Crippen LogP contribution in [0.3, 0.4) is 0 Å². The van der Waals surface area contributed by atoms with Crippen LogP contribution < -0.4 is 10.9 Å². The molecule has 0 aliphatic heterocycles. The van der Waals surface area contributed by atoms with E-state index in [-0.39, 0.29) is 39.9 Å². The molecule has 0 fully saturated rings. The molecule has 1 aromatic heterocycles. The summed E-state index contributed by atoms with van der Waals surface area (Å²) < 4.78 is 48.1. The summed E-state index contributed by atoms with van der Waals surface area (Å²) in [5.74, 6) is -1.39. The lowest BCUT2D eigenvalue weighted by Gasteiger charge is -2.21. The smallest absolute Gasteiger partial charge is 0.417 e. The van der Waals surface area contributed by atoms with E-state index in [1.807, 2.05) is 13.8 Å². The van der Waals surface area contributed by atoms with Crippen molar-refractivity contribution in [1.82, 2.24) is 14.8 Å². The van der Waals surface area contributed by atoms with Crippen LogP contribution >= 0.6 is 23.2 Å². The number of alkyl halides is 3. The van der Waals surface area contributed by atoms with Gasteiger partial charge in [0.2, 0.25) is 0 Å². The monoisotopic (exact) mass is 625 g/mol. The summed E-state index contributed by atoms with van der Waals surface area (Å²) in [5, 5.41) is 2.82. The maximum absolute atomic E-state index is 13.8. The third-order valence-electron chi connectivity index (χ3n) is 6.98. The average Bonchev–Trinajstić information content (AvgIpc) is 2.93. The van der Waals surface area contributed by atoms with E-state index in [1.165, 1.54) is 50.4 Å². The molecule has 1 heterocycles. The molecule has 3 aromatic rings. The molecule has 0 spiro atoms. The van der Waals surface area contributed by atoms with E-state index in [1.54, 1.807) is 6.07 Å². The number of carbonyl (C=O) groups excluding carboxylic acids is 2. The van der Waals surface area contributed by atoms with E-state index in [0.29, 0.717) is 12.1 Å². The van der Waals surface area contributed by atoms with Crippen LogP contribution in [0.5, 0.6) is 0 Å². The summed E-state index contributed by atoms with van der Waals surface area (Å²) in [6.45, 7) is 7.52.